The highest BCUT2D eigenvalue weighted by Gasteiger charge is 2.33. The SMILES string of the molecule is CCCCOC(=O)c1ccc(-c2ccc(/C=c3\sc4n(c3=O)[C@H](c3ccc(OC)cc3)C(C(=O)OCC)=C(C)N=4)o2)cc1. The topological polar surface area (TPSA) is 109 Å². The number of carbonyl (C=O) groups is 2. The van der Waals surface area contributed by atoms with Crippen LogP contribution in [0.5, 0.6) is 5.75 Å². The van der Waals surface area contributed by atoms with Gasteiger partial charge >= 0.3 is 11.9 Å². The molecule has 0 bridgehead atoms. The number of thiazole rings is 1. The normalized spacial score (nSPS) is 14.7. The Morgan fingerprint density at radius 1 is 1.00 bits per heavy atom. The molecule has 0 saturated heterocycles. The van der Waals surface area contributed by atoms with Gasteiger partial charge in [-0.15, -0.1) is 0 Å². The van der Waals surface area contributed by atoms with Crippen molar-refractivity contribution in [3.63, 3.8) is 0 Å². The molecule has 0 saturated carbocycles. The van der Waals surface area contributed by atoms with Gasteiger partial charge in [-0.25, -0.2) is 14.6 Å². The van der Waals surface area contributed by atoms with E-state index < -0.39 is 12.0 Å². The summed E-state index contributed by atoms with van der Waals surface area (Å²) in [6, 6.07) is 17.1. The van der Waals surface area contributed by atoms with Crippen LogP contribution < -0.4 is 19.6 Å². The predicted molar refractivity (Wildman–Crippen MR) is 163 cm³/mol. The molecule has 0 spiro atoms. The average Bonchev–Trinajstić information content (AvgIpc) is 3.60. The molecule has 3 heterocycles. The van der Waals surface area contributed by atoms with Crippen LogP contribution in [0, 0.1) is 0 Å². The minimum Gasteiger partial charge on any atom is -0.497 e. The van der Waals surface area contributed by atoms with Crippen LogP contribution in [0.2, 0.25) is 0 Å². The van der Waals surface area contributed by atoms with Gasteiger partial charge in [0, 0.05) is 11.6 Å². The van der Waals surface area contributed by atoms with Gasteiger partial charge in [-0.05, 0) is 62.2 Å². The zero-order valence-corrected chi connectivity index (χ0v) is 25.2. The first kappa shape index (κ1) is 29.8. The number of benzene rings is 2. The van der Waals surface area contributed by atoms with Gasteiger partial charge in [-0.3, -0.25) is 9.36 Å². The lowest BCUT2D eigenvalue weighted by Crippen LogP contribution is -2.39. The number of ether oxygens (including phenoxy) is 3. The highest BCUT2D eigenvalue weighted by molar-refractivity contribution is 7.07. The molecule has 4 aromatic rings. The van der Waals surface area contributed by atoms with Crippen LogP contribution in [0.4, 0.5) is 0 Å². The monoisotopic (exact) mass is 600 g/mol. The Morgan fingerprint density at radius 2 is 1.74 bits per heavy atom. The van der Waals surface area contributed by atoms with Crippen LogP contribution in [0.3, 0.4) is 0 Å². The highest BCUT2D eigenvalue weighted by atomic mass is 32.1. The number of carbonyl (C=O) groups excluding carboxylic acids is 2. The first-order chi connectivity index (χ1) is 20.8. The fourth-order valence-corrected chi connectivity index (χ4v) is 5.80. The molecule has 0 fully saturated rings. The van der Waals surface area contributed by atoms with E-state index in [4.69, 9.17) is 18.6 Å². The molecule has 5 rings (SSSR count). The fraction of sp³-hybridized carbons (Fsp3) is 0.273. The Balaban J connectivity index is 1.49. The predicted octanol–water partition coefficient (Wildman–Crippen LogP) is 5.02. The van der Waals surface area contributed by atoms with E-state index >= 15 is 0 Å². The molecule has 43 heavy (non-hydrogen) atoms. The van der Waals surface area contributed by atoms with E-state index in [1.54, 1.807) is 75.6 Å². The quantitative estimate of drug-likeness (QED) is 0.186. The van der Waals surface area contributed by atoms with E-state index in [0.717, 1.165) is 24.0 Å². The van der Waals surface area contributed by atoms with E-state index in [0.29, 0.717) is 50.0 Å². The number of furan rings is 1. The van der Waals surface area contributed by atoms with Crippen molar-refractivity contribution in [1.29, 1.82) is 0 Å². The zero-order chi connectivity index (χ0) is 30.5. The summed E-state index contributed by atoms with van der Waals surface area (Å²) in [4.78, 5) is 44.2. The third-order valence-corrected chi connectivity index (χ3v) is 7.97. The number of allylic oxidation sites excluding steroid dienone is 1. The maximum atomic E-state index is 13.8. The van der Waals surface area contributed by atoms with Gasteiger partial charge in [0.15, 0.2) is 4.80 Å². The van der Waals surface area contributed by atoms with Gasteiger partial charge in [0.2, 0.25) is 0 Å². The van der Waals surface area contributed by atoms with Gasteiger partial charge in [0.1, 0.15) is 17.3 Å². The molecule has 1 aliphatic rings. The molecule has 9 nitrogen and oxygen atoms in total. The third-order valence-electron chi connectivity index (χ3n) is 6.98. The van der Waals surface area contributed by atoms with Crippen molar-refractivity contribution in [1.82, 2.24) is 4.57 Å². The lowest BCUT2D eigenvalue weighted by Gasteiger charge is -2.24. The summed E-state index contributed by atoms with van der Waals surface area (Å²) in [6.07, 6.45) is 3.44. The molecule has 10 heteroatoms. The smallest absolute Gasteiger partial charge is 0.338 e. The lowest BCUT2D eigenvalue weighted by molar-refractivity contribution is -0.139. The number of nitrogens with zero attached hydrogens (tertiary/aromatic N) is 2. The van der Waals surface area contributed by atoms with E-state index in [1.165, 1.54) is 15.9 Å². The Morgan fingerprint density at radius 3 is 2.42 bits per heavy atom. The van der Waals surface area contributed by atoms with Gasteiger partial charge in [0.25, 0.3) is 5.56 Å². The van der Waals surface area contributed by atoms with Crippen molar-refractivity contribution in [3.8, 4) is 17.1 Å². The molecule has 0 aliphatic carbocycles. The largest absolute Gasteiger partial charge is 0.497 e. The fourth-order valence-electron chi connectivity index (χ4n) is 4.77. The first-order valence-corrected chi connectivity index (χ1v) is 14.9. The number of rotatable bonds is 10. The van der Waals surface area contributed by atoms with Crippen LogP contribution in [0.1, 0.15) is 61.3 Å². The molecule has 0 amide bonds. The lowest BCUT2D eigenvalue weighted by atomic mass is 9.96. The number of aromatic nitrogens is 1. The second-order valence-corrected chi connectivity index (χ2v) is 10.9. The van der Waals surface area contributed by atoms with E-state index in [2.05, 4.69) is 4.99 Å². The molecular formula is C33H32N2O7S. The van der Waals surface area contributed by atoms with E-state index in [9.17, 15) is 14.4 Å². The Bertz CT molecular complexity index is 1840. The Hall–Kier alpha value is -4.70. The Kier molecular flexibility index (Phi) is 9.06. The zero-order valence-electron chi connectivity index (χ0n) is 24.4. The highest BCUT2D eigenvalue weighted by Crippen LogP contribution is 2.31. The molecule has 1 aliphatic heterocycles. The van der Waals surface area contributed by atoms with Crippen molar-refractivity contribution in [2.24, 2.45) is 4.99 Å². The maximum absolute atomic E-state index is 13.8. The average molecular weight is 601 g/mol. The van der Waals surface area contributed by atoms with Gasteiger partial charge < -0.3 is 18.6 Å². The number of methoxy groups -OCH3 is 1. The molecule has 0 N–H and O–H groups in total. The summed E-state index contributed by atoms with van der Waals surface area (Å²) in [5, 5.41) is 0. The minimum atomic E-state index is -0.720. The second kappa shape index (κ2) is 13.1. The van der Waals surface area contributed by atoms with Gasteiger partial charge in [-0.1, -0.05) is 48.9 Å². The van der Waals surface area contributed by atoms with Crippen LogP contribution in [0.15, 0.2) is 86.1 Å². The van der Waals surface area contributed by atoms with E-state index in [-0.39, 0.29) is 18.1 Å². The standard InChI is InChI=1S/C33H32N2O7S/c1-5-7-18-41-31(37)23-10-8-21(9-11-23)26-17-16-25(42-26)19-27-30(36)35-29(22-12-14-24(39-4)15-13-22)28(32(38)40-6-2)20(3)34-33(35)43-27/h8-17,19,29H,5-7,18H2,1-4H3/b27-19-/t29-/m1/s1. The number of fused-ring (bicyclic) bond motifs is 1. The van der Waals surface area contributed by atoms with Gasteiger partial charge in [0.05, 0.1) is 47.7 Å². The molecule has 0 radical (unpaired) electrons. The molecule has 2 aromatic heterocycles. The van der Waals surface area contributed by atoms with Crippen LogP contribution in [0.25, 0.3) is 17.4 Å². The van der Waals surface area contributed by atoms with Crippen molar-refractivity contribution >= 4 is 29.4 Å². The van der Waals surface area contributed by atoms with Crippen molar-refractivity contribution in [2.45, 2.75) is 39.7 Å². The van der Waals surface area contributed by atoms with Crippen molar-refractivity contribution < 1.29 is 28.2 Å². The van der Waals surface area contributed by atoms with Crippen LogP contribution in [-0.2, 0) is 14.3 Å². The third kappa shape index (κ3) is 6.24. The molecule has 222 valence electrons. The van der Waals surface area contributed by atoms with Crippen LogP contribution >= 0.6 is 11.3 Å². The summed E-state index contributed by atoms with van der Waals surface area (Å²) in [5.41, 5.74) is 2.47. The molecule has 1 atom stereocenters. The summed E-state index contributed by atoms with van der Waals surface area (Å²) in [5.74, 6) is 0.844. The first-order valence-electron chi connectivity index (χ1n) is 14.1. The summed E-state index contributed by atoms with van der Waals surface area (Å²) in [7, 11) is 1.58. The van der Waals surface area contributed by atoms with E-state index in [1.807, 2.05) is 19.1 Å². The number of esters is 2. The summed E-state index contributed by atoms with van der Waals surface area (Å²) < 4.78 is 23.9. The van der Waals surface area contributed by atoms with Crippen molar-refractivity contribution in [2.75, 3.05) is 20.3 Å². The summed E-state index contributed by atoms with van der Waals surface area (Å²) in [6.45, 7) is 6.11. The molecule has 0 unspecified atom stereocenters. The minimum absolute atomic E-state index is 0.196. The Labute approximate surface area is 252 Å². The molecule has 2 aromatic carbocycles. The second-order valence-electron chi connectivity index (χ2n) is 9.84. The van der Waals surface area contributed by atoms with Gasteiger partial charge in [-0.2, -0.15) is 0 Å². The molecular weight excluding hydrogens is 568 g/mol. The summed E-state index contributed by atoms with van der Waals surface area (Å²) >= 11 is 1.22. The number of unbranched alkanes of at least 4 members (excludes halogenated alkanes) is 1. The maximum Gasteiger partial charge on any atom is 0.338 e. The van der Waals surface area contributed by atoms with Crippen molar-refractivity contribution in [3.05, 3.63) is 109 Å². The van der Waals surface area contributed by atoms with Crippen LogP contribution in [-0.4, -0.2) is 36.8 Å². The number of hydrogen-bond acceptors (Lipinski definition) is 9. The number of hydrogen-bond donors (Lipinski definition) is 0.